The van der Waals surface area contributed by atoms with Crippen LogP contribution in [0.25, 0.3) is 11.3 Å². The van der Waals surface area contributed by atoms with Crippen molar-refractivity contribution in [2.45, 2.75) is 0 Å². The highest BCUT2D eigenvalue weighted by molar-refractivity contribution is 9.10. The first kappa shape index (κ1) is 9.08. The first-order valence-corrected chi connectivity index (χ1v) is 4.75. The van der Waals surface area contributed by atoms with Crippen LogP contribution in [0.3, 0.4) is 0 Å². The predicted octanol–water partition coefficient (Wildman–Crippen LogP) is 2.13. The lowest BCUT2D eigenvalue weighted by molar-refractivity contribution is 0.477. The molecule has 2 rings (SSSR count). The van der Waals surface area contributed by atoms with Crippen molar-refractivity contribution < 1.29 is 5.11 Å². The Hall–Kier alpha value is -1.49. The molecule has 0 spiro atoms. The summed E-state index contributed by atoms with van der Waals surface area (Å²) >= 11 is 3.32. The number of rotatable bonds is 1. The lowest BCUT2D eigenvalue weighted by atomic mass is 10.1. The van der Waals surface area contributed by atoms with Gasteiger partial charge in [-0.2, -0.15) is 0 Å². The van der Waals surface area contributed by atoms with Crippen LogP contribution in [0.1, 0.15) is 0 Å². The molecule has 5 heteroatoms. The minimum Gasteiger partial charge on any atom is -0.507 e. The zero-order chi connectivity index (χ0) is 10.1. The van der Waals surface area contributed by atoms with Gasteiger partial charge >= 0.3 is 0 Å². The molecule has 0 unspecified atom stereocenters. The number of hydrogen-bond acceptors (Lipinski definition) is 3. The second-order valence-corrected chi connectivity index (χ2v) is 3.76. The third kappa shape index (κ3) is 1.58. The van der Waals surface area contributed by atoms with E-state index in [1.165, 1.54) is 0 Å². The number of benzene rings is 1. The fraction of sp³-hybridized carbons (Fsp3) is 0. The van der Waals surface area contributed by atoms with E-state index in [-0.39, 0.29) is 5.75 Å². The lowest BCUT2D eigenvalue weighted by Gasteiger charge is -2.01. The molecule has 14 heavy (non-hydrogen) atoms. The molecule has 0 fully saturated rings. The molecule has 1 heterocycles. The Morgan fingerprint density at radius 2 is 2.21 bits per heavy atom. The first-order valence-electron chi connectivity index (χ1n) is 3.96. The van der Waals surface area contributed by atoms with Crippen molar-refractivity contribution in [3.05, 3.63) is 28.9 Å². The van der Waals surface area contributed by atoms with E-state index < -0.39 is 0 Å². The summed E-state index contributed by atoms with van der Waals surface area (Å²) < 4.78 is 0.887. The molecule has 0 radical (unpaired) electrons. The van der Waals surface area contributed by atoms with Gasteiger partial charge in [0.15, 0.2) is 5.95 Å². The summed E-state index contributed by atoms with van der Waals surface area (Å²) in [7, 11) is 0. The highest BCUT2D eigenvalue weighted by Gasteiger charge is 2.06. The number of aromatic nitrogens is 2. The number of nitrogen functional groups attached to an aromatic ring is 1. The van der Waals surface area contributed by atoms with Crippen LogP contribution in [0.4, 0.5) is 5.95 Å². The zero-order valence-corrected chi connectivity index (χ0v) is 8.75. The van der Waals surface area contributed by atoms with E-state index >= 15 is 0 Å². The summed E-state index contributed by atoms with van der Waals surface area (Å²) in [5.74, 6) is 0.524. The highest BCUT2D eigenvalue weighted by Crippen LogP contribution is 2.30. The van der Waals surface area contributed by atoms with E-state index in [1.54, 1.807) is 24.4 Å². The molecule has 1 aromatic carbocycles. The molecule has 0 aliphatic rings. The number of aromatic amines is 1. The maximum absolute atomic E-state index is 9.59. The van der Waals surface area contributed by atoms with Gasteiger partial charge in [-0.1, -0.05) is 15.9 Å². The van der Waals surface area contributed by atoms with Crippen LogP contribution >= 0.6 is 15.9 Å². The Kier molecular flexibility index (Phi) is 2.17. The number of halogens is 1. The topological polar surface area (TPSA) is 74.9 Å². The van der Waals surface area contributed by atoms with Crippen LogP contribution in [0, 0.1) is 0 Å². The van der Waals surface area contributed by atoms with E-state index in [2.05, 4.69) is 25.9 Å². The number of anilines is 1. The summed E-state index contributed by atoms with van der Waals surface area (Å²) in [6.45, 7) is 0. The van der Waals surface area contributed by atoms with Crippen molar-refractivity contribution in [2.24, 2.45) is 0 Å². The van der Waals surface area contributed by atoms with Gasteiger partial charge in [0.25, 0.3) is 0 Å². The molecule has 0 amide bonds. The molecule has 72 valence electrons. The summed E-state index contributed by atoms with van der Waals surface area (Å²) in [6.07, 6.45) is 1.58. The van der Waals surface area contributed by atoms with Crippen molar-refractivity contribution in [3.8, 4) is 17.0 Å². The largest absolute Gasteiger partial charge is 0.507 e. The van der Waals surface area contributed by atoms with Crippen LogP contribution < -0.4 is 5.73 Å². The molecule has 4 nitrogen and oxygen atoms in total. The number of nitrogens with one attached hydrogen (secondary N) is 1. The molecular weight excluding hydrogens is 246 g/mol. The molecule has 1 aromatic heterocycles. The van der Waals surface area contributed by atoms with E-state index in [9.17, 15) is 5.11 Å². The van der Waals surface area contributed by atoms with Crippen molar-refractivity contribution >= 4 is 21.9 Å². The summed E-state index contributed by atoms with van der Waals surface area (Å²) in [5.41, 5.74) is 6.81. The standard InChI is InChI=1S/C9H8BrN3O/c10-5-1-2-8(14)6(3-5)7-4-12-9(11)13-7/h1-4,14H,(H3,11,12,13). The Morgan fingerprint density at radius 1 is 1.43 bits per heavy atom. The second-order valence-electron chi connectivity index (χ2n) is 2.84. The lowest BCUT2D eigenvalue weighted by Crippen LogP contribution is -1.85. The number of nitrogens with zero attached hydrogens (tertiary/aromatic N) is 1. The average molecular weight is 254 g/mol. The van der Waals surface area contributed by atoms with E-state index in [4.69, 9.17) is 5.73 Å². The van der Waals surface area contributed by atoms with Gasteiger partial charge < -0.3 is 15.8 Å². The van der Waals surface area contributed by atoms with Gasteiger partial charge in [-0.3, -0.25) is 0 Å². The maximum atomic E-state index is 9.59. The predicted molar refractivity (Wildman–Crippen MR) is 57.8 cm³/mol. The molecule has 0 aliphatic carbocycles. The molecule has 4 N–H and O–H groups in total. The summed E-state index contributed by atoms with van der Waals surface area (Å²) in [6, 6.07) is 5.16. The van der Waals surface area contributed by atoms with Gasteiger partial charge in [0.2, 0.25) is 0 Å². The molecule has 0 saturated heterocycles. The van der Waals surface area contributed by atoms with Crippen molar-refractivity contribution in [2.75, 3.05) is 5.73 Å². The fourth-order valence-corrected chi connectivity index (χ4v) is 1.56. The third-order valence-electron chi connectivity index (χ3n) is 1.84. The minimum absolute atomic E-state index is 0.192. The number of H-pyrrole nitrogens is 1. The molecular formula is C9H8BrN3O. The van der Waals surface area contributed by atoms with Crippen molar-refractivity contribution in [1.82, 2.24) is 9.97 Å². The van der Waals surface area contributed by atoms with Gasteiger partial charge in [-0.25, -0.2) is 4.98 Å². The normalized spacial score (nSPS) is 10.4. The SMILES string of the molecule is Nc1ncc(-c2cc(Br)ccc2O)[nH]1. The number of phenols is 1. The average Bonchev–Trinajstić information content (AvgIpc) is 2.56. The molecule has 0 aliphatic heterocycles. The van der Waals surface area contributed by atoms with Crippen LogP contribution in [0.5, 0.6) is 5.75 Å². The molecule has 2 aromatic rings. The van der Waals surface area contributed by atoms with Crippen molar-refractivity contribution in [1.29, 1.82) is 0 Å². The Balaban J connectivity index is 2.55. The number of nitrogens with two attached hydrogens (primary N) is 1. The van der Waals surface area contributed by atoms with E-state index in [1.807, 2.05) is 0 Å². The summed E-state index contributed by atoms with van der Waals surface area (Å²) in [4.78, 5) is 6.71. The number of imidazole rings is 1. The van der Waals surface area contributed by atoms with Gasteiger partial charge in [-0.15, -0.1) is 0 Å². The Morgan fingerprint density at radius 3 is 2.86 bits per heavy atom. The highest BCUT2D eigenvalue weighted by atomic mass is 79.9. The number of aromatic hydroxyl groups is 1. The quantitative estimate of drug-likeness (QED) is 0.729. The van der Waals surface area contributed by atoms with Gasteiger partial charge in [0, 0.05) is 10.0 Å². The van der Waals surface area contributed by atoms with Crippen LogP contribution in [-0.4, -0.2) is 15.1 Å². The zero-order valence-electron chi connectivity index (χ0n) is 7.16. The molecule has 0 atom stereocenters. The van der Waals surface area contributed by atoms with Gasteiger partial charge in [0.05, 0.1) is 11.9 Å². The maximum Gasteiger partial charge on any atom is 0.197 e. The van der Waals surface area contributed by atoms with Crippen LogP contribution in [0.15, 0.2) is 28.9 Å². The Bertz CT molecular complexity index is 467. The summed E-state index contributed by atoms with van der Waals surface area (Å²) in [5, 5.41) is 9.59. The third-order valence-corrected chi connectivity index (χ3v) is 2.34. The van der Waals surface area contributed by atoms with Crippen molar-refractivity contribution in [3.63, 3.8) is 0 Å². The minimum atomic E-state index is 0.192. The molecule has 0 bridgehead atoms. The van der Waals surface area contributed by atoms with Crippen LogP contribution in [0.2, 0.25) is 0 Å². The smallest absolute Gasteiger partial charge is 0.197 e. The van der Waals surface area contributed by atoms with E-state index in [0.717, 1.165) is 4.47 Å². The number of hydrogen-bond donors (Lipinski definition) is 3. The second kappa shape index (κ2) is 3.34. The fourth-order valence-electron chi connectivity index (χ4n) is 1.20. The molecule has 0 saturated carbocycles. The van der Waals surface area contributed by atoms with E-state index in [0.29, 0.717) is 17.2 Å². The van der Waals surface area contributed by atoms with Crippen LogP contribution in [-0.2, 0) is 0 Å². The van der Waals surface area contributed by atoms with Gasteiger partial charge in [-0.05, 0) is 18.2 Å². The monoisotopic (exact) mass is 253 g/mol. The Labute approximate surface area is 88.9 Å². The van der Waals surface area contributed by atoms with Gasteiger partial charge in [0.1, 0.15) is 5.75 Å². The number of phenolic OH excluding ortho intramolecular Hbond substituents is 1. The first-order chi connectivity index (χ1) is 6.66.